The Morgan fingerprint density at radius 1 is 1.37 bits per heavy atom. The third-order valence-electron chi connectivity index (χ3n) is 3.04. The summed E-state index contributed by atoms with van der Waals surface area (Å²) in [7, 11) is 1.85. The van der Waals surface area contributed by atoms with Crippen molar-refractivity contribution in [2.24, 2.45) is 7.05 Å². The van der Waals surface area contributed by atoms with Gasteiger partial charge >= 0.3 is 0 Å². The number of aliphatic hydroxyl groups is 1. The van der Waals surface area contributed by atoms with Crippen LogP contribution in [0.4, 0.5) is 0 Å². The van der Waals surface area contributed by atoms with Gasteiger partial charge in [0.25, 0.3) is 0 Å². The highest BCUT2D eigenvalue weighted by Crippen LogP contribution is 2.40. The molecule has 0 aliphatic carbocycles. The van der Waals surface area contributed by atoms with E-state index in [0.717, 1.165) is 4.47 Å². The van der Waals surface area contributed by atoms with Crippen LogP contribution in [0.2, 0.25) is 0 Å². The minimum absolute atomic E-state index is 0.515. The van der Waals surface area contributed by atoms with Crippen molar-refractivity contribution in [1.29, 1.82) is 0 Å². The molecular weight excluding hydrogens is 312 g/mol. The average Bonchev–Trinajstić information content (AvgIpc) is 2.84. The lowest BCUT2D eigenvalue weighted by Crippen LogP contribution is -2.16. The molecular formula is C13H13BrN2O3. The van der Waals surface area contributed by atoms with Crippen LogP contribution in [0.25, 0.3) is 0 Å². The predicted molar refractivity (Wildman–Crippen MR) is 72.4 cm³/mol. The summed E-state index contributed by atoms with van der Waals surface area (Å²) in [5.74, 6) is 1.91. The van der Waals surface area contributed by atoms with Crippen LogP contribution in [0.1, 0.15) is 17.5 Å². The number of benzene rings is 1. The standard InChI is InChI=1S/C13H13BrN2O3/c1-16-3-2-15-13(16)11(17)8-6-9(14)12-10(7-8)18-4-5-19-12/h2-3,6-7,11,17H,4-5H2,1H3. The third kappa shape index (κ3) is 2.21. The summed E-state index contributed by atoms with van der Waals surface area (Å²) in [6.45, 7) is 1.05. The Kier molecular flexibility index (Phi) is 3.20. The normalized spacial score (nSPS) is 15.3. The number of fused-ring (bicyclic) bond motifs is 1. The number of nitrogens with zero attached hydrogens (tertiary/aromatic N) is 2. The SMILES string of the molecule is Cn1ccnc1C(O)c1cc(Br)c2c(c1)OCCO2. The van der Waals surface area contributed by atoms with Crippen molar-refractivity contribution in [3.8, 4) is 11.5 Å². The fourth-order valence-corrected chi connectivity index (χ4v) is 2.65. The van der Waals surface area contributed by atoms with Crippen LogP contribution in [0, 0.1) is 0 Å². The maximum atomic E-state index is 10.4. The van der Waals surface area contributed by atoms with Gasteiger partial charge in [0.2, 0.25) is 0 Å². The molecule has 1 aromatic heterocycles. The molecule has 0 bridgehead atoms. The molecule has 1 N–H and O–H groups in total. The van der Waals surface area contributed by atoms with Gasteiger partial charge in [0, 0.05) is 19.4 Å². The van der Waals surface area contributed by atoms with Crippen molar-refractivity contribution in [2.75, 3.05) is 13.2 Å². The van der Waals surface area contributed by atoms with Crippen molar-refractivity contribution in [3.05, 3.63) is 40.4 Å². The van der Waals surface area contributed by atoms with Gasteiger partial charge in [0.15, 0.2) is 11.5 Å². The van der Waals surface area contributed by atoms with Crippen molar-refractivity contribution < 1.29 is 14.6 Å². The van der Waals surface area contributed by atoms with E-state index in [1.54, 1.807) is 23.0 Å². The first kappa shape index (κ1) is 12.5. The highest BCUT2D eigenvalue weighted by Gasteiger charge is 2.21. The second-order valence-corrected chi connectivity index (χ2v) is 5.18. The molecule has 1 aliphatic heterocycles. The van der Waals surface area contributed by atoms with Gasteiger partial charge in [-0.05, 0) is 33.6 Å². The highest BCUT2D eigenvalue weighted by molar-refractivity contribution is 9.10. The minimum Gasteiger partial charge on any atom is -0.486 e. The molecule has 0 fully saturated rings. The smallest absolute Gasteiger partial charge is 0.175 e. The Bertz CT molecular complexity index is 612. The summed E-state index contributed by atoms with van der Waals surface area (Å²) in [5, 5.41) is 10.4. The summed E-state index contributed by atoms with van der Waals surface area (Å²) in [5.41, 5.74) is 0.713. The van der Waals surface area contributed by atoms with Crippen LogP contribution >= 0.6 is 15.9 Å². The van der Waals surface area contributed by atoms with Crippen LogP contribution in [-0.2, 0) is 7.05 Å². The number of rotatable bonds is 2. The Balaban J connectivity index is 2.02. The molecule has 0 saturated carbocycles. The fraction of sp³-hybridized carbons (Fsp3) is 0.308. The van der Waals surface area contributed by atoms with Crippen molar-refractivity contribution in [3.63, 3.8) is 0 Å². The molecule has 6 heteroatoms. The quantitative estimate of drug-likeness (QED) is 0.918. The van der Waals surface area contributed by atoms with Gasteiger partial charge < -0.3 is 19.1 Å². The van der Waals surface area contributed by atoms with Gasteiger partial charge in [-0.15, -0.1) is 0 Å². The van der Waals surface area contributed by atoms with Crippen LogP contribution in [0.5, 0.6) is 11.5 Å². The Hall–Kier alpha value is -1.53. The van der Waals surface area contributed by atoms with Crippen LogP contribution in [0.15, 0.2) is 29.0 Å². The topological polar surface area (TPSA) is 56.5 Å². The van der Waals surface area contributed by atoms with Gasteiger partial charge in [-0.2, -0.15) is 0 Å². The highest BCUT2D eigenvalue weighted by atomic mass is 79.9. The summed E-state index contributed by atoms with van der Waals surface area (Å²) in [6, 6.07) is 3.62. The molecule has 0 amide bonds. The number of hydrogen-bond donors (Lipinski definition) is 1. The van der Waals surface area contributed by atoms with Crippen molar-refractivity contribution in [2.45, 2.75) is 6.10 Å². The average molecular weight is 325 g/mol. The molecule has 2 aromatic rings. The van der Waals surface area contributed by atoms with Crippen LogP contribution in [-0.4, -0.2) is 27.9 Å². The van der Waals surface area contributed by atoms with Gasteiger partial charge in [0.05, 0.1) is 4.47 Å². The van der Waals surface area contributed by atoms with E-state index in [2.05, 4.69) is 20.9 Å². The molecule has 5 nitrogen and oxygen atoms in total. The minimum atomic E-state index is -0.799. The van der Waals surface area contributed by atoms with Crippen LogP contribution in [0.3, 0.4) is 0 Å². The second kappa shape index (κ2) is 4.86. The van der Waals surface area contributed by atoms with Gasteiger partial charge in [-0.3, -0.25) is 0 Å². The summed E-state index contributed by atoms with van der Waals surface area (Å²) in [4.78, 5) is 4.16. The van der Waals surface area contributed by atoms with Gasteiger partial charge in [0.1, 0.15) is 25.1 Å². The summed E-state index contributed by atoms with van der Waals surface area (Å²) < 4.78 is 13.6. The summed E-state index contributed by atoms with van der Waals surface area (Å²) in [6.07, 6.45) is 2.66. The van der Waals surface area contributed by atoms with Crippen molar-refractivity contribution >= 4 is 15.9 Å². The molecule has 0 saturated heterocycles. The van der Waals surface area contributed by atoms with E-state index in [1.807, 2.05) is 13.1 Å². The molecule has 1 aliphatic rings. The predicted octanol–water partition coefficient (Wildman–Crippen LogP) is 2.04. The Labute approximate surface area is 118 Å². The molecule has 0 spiro atoms. The fourth-order valence-electron chi connectivity index (χ4n) is 2.08. The molecule has 3 rings (SSSR count). The molecule has 1 atom stereocenters. The lowest BCUT2D eigenvalue weighted by molar-refractivity contribution is 0.168. The van der Waals surface area contributed by atoms with E-state index >= 15 is 0 Å². The first-order valence-corrected chi connectivity index (χ1v) is 6.70. The lowest BCUT2D eigenvalue weighted by atomic mass is 10.1. The number of halogens is 1. The number of imidazole rings is 1. The Morgan fingerprint density at radius 2 is 2.16 bits per heavy atom. The number of aryl methyl sites for hydroxylation is 1. The van der Waals surface area contributed by atoms with E-state index in [9.17, 15) is 5.11 Å². The maximum Gasteiger partial charge on any atom is 0.175 e. The number of ether oxygens (including phenoxy) is 2. The van der Waals surface area contributed by atoms with E-state index in [-0.39, 0.29) is 0 Å². The first-order chi connectivity index (χ1) is 9.16. The molecule has 100 valence electrons. The molecule has 2 heterocycles. The largest absolute Gasteiger partial charge is 0.486 e. The molecule has 1 aromatic carbocycles. The van der Waals surface area contributed by atoms with E-state index in [1.165, 1.54) is 0 Å². The number of hydrogen-bond acceptors (Lipinski definition) is 4. The Morgan fingerprint density at radius 3 is 2.89 bits per heavy atom. The molecule has 0 radical (unpaired) electrons. The zero-order valence-electron chi connectivity index (χ0n) is 10.3. The monoisotopic (exact) mass is 324 g/mol. The summed E-state index contributed by atoms with van der Waals surface area (Å²) >= 11 is 3.44. The van der Waals surface area contributed by atoms with Gasteiger partial charge in [-0.1, -0.05) is 0 Å². The van der Waals surface area contributed by atoms with E-state index in [0.29, 0.717) is 36.1 Å². The van der Waals surface area contributed by atoms with E-state index < -0.39 is 6.10 Å². The number of aliphatic hydroxyl groups excluding tert-OH is 1. The first-order valence-electron chi connectivity index (χ1n) is 5.91. The molecule has 1 unspecified atom stereocenters. The molecule has 19 heavy (non-hydrogen) atoms. The lowest BCUT2D eigenvalue weighted by Gasteiger charge is -2.21. The van der Waals surface area contributed by atoms with Gasteiger partial charge in [-0.25, -0.2) is 4.98 Å². The van der Waals surface area contributed by atoms with Crippen LogP contribution < -0.4 is 9.47 Å². The van der Waals surface area contributed by atoms with E-state index in [4.69, 9.17) is 9.47 Å². The number of aromatic nitrogens is 2. The maximum absolute atomic E-state index is 10.4. The second-order valence-electron chi connectivity index (χ2n) is 4.33. The zero-order valence-corrected chi connectivity index (χ0v) is 11.9. The zero-order chi connectivity index (χ0) is 13.4. The van der Waals surface area contributed by atoms with Crippen molar-refractivity contribution in [1.82, 2.24) is 9.55 Å². The third-order valence-corrected chi connectivity index (χ3v) is 3.63.